The van der Waals surface area contributed by atoms with Gasteiger partial charge in [-0.25, -0.2) is 0 Å². The minimum atomic E-state index is -0.308. The summed E-state index contributed by atoms with van der Waals surface area (Å²) in [5.41, 5.74) is 1.99. The average Bonchev–Trinajstić information content (AvgIpc) is 3.36. The van der Waals surface area contributed by atoms with Gasteiger partial charge in [-0.05, 0) is 49.6 Å². The first-order chi connectivity index (χ1) is 14.7. The Bertz CT molecular complexity index is 1070. The maximum atomic E-state index is 12.7. The minimum absolute atomic E-state index is 0.0479. The van der Waals surface area contributed by atoms with Crippen molar-refractivity contribution in [2.45, 2.75) is 42.6 Å². The predicted octanol–water partition coefficient (Wildman–Crippen LogP) is 3.67. The van der Waals surface area contributed by atoms with Gasteiger partial charge >= 0.3 is 0 Å². The second-order valence-corrected chi connectivity index (χ2v) is 8.76. The summed E-state index contributed by atoms with van der Waals surface area (Å²) < 4.78 is 12.8. The molecule has 2 aliphatic rings. The van der Waals surface area contributed by atoms with Gasteiger partial charge in [0, 0.05) is 18.2 Å². The molecule has 8 heteroatoms. The highest BCUT2D eigenvalue weighted by atomic mass is 32.2. The first-order valence-electron chi connectivity index (χ1n) is 10.0. The van der Waals surface area contributed by atoms with Crippen LogP contribution in [0.5, 0.6) is 11.5 Å². The van der Waals surface area contributed by atoms with E-state index in [9.17, 15) is 4.79 Å². The number of aromatic nitrogens is 3. The molecule has 30 heavy (non-hydrogen) atoms. The molecule has 1 N–H and O–H groups in total. The molecule has 1 aliphatic carbocycles. The molecule has 3 aromatic rings. The second-order valence-electron chi connectivity index (χ2n) is 7.45. The van der Waals surface area contributed by atoms with Crippen LogP contribution in [0.2, 0.25) is 0 Å². The van der Waals surface area contributed by atoms with Gasteiger partial charge in [-0.2, -0.15) is 0 Å². The fraction of sp³-hybridized carbons (Fsp3) is 0.318. The maximum absolute atomic E-state index is 12.7. The summed E-state index contributed by atoms with van der Waals surface area (Å²) in [5.74, 6) is 2.85. The van der Waals surface area contributed by atoms with Gasteiger partial charge in [0.15, 0.2) is 16.7 Å². The third kappa shape index (κ3) is 3.87. The molecule has 1 aliphatic heterocycles. The number of carbonyl (C=O) groups is 1. The van der Waals surface area contributed by atoms with E-state index in [1.165, 1.54) is 11.8 Å². The average molecular weight is 423 g/mol. The Morgan fingerprint density at radius 2 is 1.97 bits per heavy atom. The number of nitrogens with one attached hydrogen (secondary N) is 1. The van der Waals surface area contributed by atoms with Crippen LogP contribution in [0.3, 0.4) is 0 Å². The predicted molar refractivity (Wildman–Crippen MR) is 113 cm³/mol. The molecular weight excluding hydrogens is 400 g/mol. The van der Waals surface area contributed by atoms with Gasteiger partial charge < -0.3 is 14.8 Å². The molecule has 2 heterocycles. The summed E-state index contributed by atoms with van der Waals surface area (Å²) in [4.78, 5) is 12.7. The molecule has 1 saturated carbocycles. The van der Waals surface area contributed by atoms with Crippen molar-refractivity contribution in [3.8, 4) is 17.2 Å². The number of para-hydroxylation sites is 1. The first-order valence-corrected chi connectivity index (χ1v) is 10.9. The Balaban J connectivity index is 1.27. The van der Waals surface area contributed by atoms with Crippen LogP contribution in [0.1, 0.15) is 37.1 Å². The Labute approximate surface area is 178 Å². The standard InChI is InChI=1S/C22H22N4O3S/c1-14(21(27)23-12-15-7-10-18-19(11-15)29-13-28-18)30-22-25-24-20(16-8-9-16)26(22)17-5-3-2-4-6-17/h2-7,10-11,14,16H,8-9,12-13H2,1H3,(H,23,27)/t14-/m0/s1. The zero-order valence-electron chi connectivity index (χ0n) is 16.6. The van der Waals surface area contributed by atoms with Gasteiger partial charge in [0.1, 0.15) is 5.82 Å². The summed E-state index contributed by atoms with van der Waals surface area (Å²) in [6.45, 7) is 2.56. The summed E-state index contributed by atoms with van der Waals surface area (Å²) in [5, 5.41) is 12.3. The third-order valence-electron chi connectivity index (χ3n) is 5.17. The van der Waals surface area contributed by atoms with Crippen molar-refractivity contribution in [3.63, 3.8) is 0 Å². The maximum Gasteiger partial charge on any atom is 0.233 e. The van der Waals surface area contributed by atoms with Gasteiger partial charge in [-0.1, -0.05) is 36.0 Å². The summed E-state index contributed by atoms with van der Waals surface area (Å²) in [6, 6.07) is 15.8. The normalized spacial score (nSPS) is 15.8. The summed E-state index contributed by atoms with van der Waals surface area (Å²) >= 11 is 1.43. The van der Waals surface area contributed by atoms with Crippen molar-refractivity contribution in [1.29, 1.82) is 0 Å². The zero-order valence-corrected chi connectivity index (χ0v) is 17.4. The van der Waals surface area contributed by atoms with Crippen LogP contribution < -0.4 is 14.8 Å². The van der Waals surface area contributed by atoms with E-state index in [2.05, 4.69) is 20.1 Å². The summed E-state index contributed by atoms with van der Waals surface area (Å²) in [7, 11) is 0. The van der Waals surface area contributed by atoms with Crippen LogP contribution in [0, 0.1) is 0 Å². The van der Waals surface area contributed by atoms with E-state index in [-0.39, 0.29) is 18.0 Å². The highest BCUT2D eigenvalue weighted by molar-refractivity contribution is 8.00. The monoisotopic (exact) mass is 422 g/mol. The first kappa shape index (κ1) is 19.0. The fourth-order valence-corrected chi connectivity index (χ4v) is 4.28. The number of benzene rings is 2. The van der Waals surface area contributed by atoms with Crippen molar-refractivity contribution in [2.75, 3.05) is 6.79 Å². The Morgan fingerprint density at radius 3 is 2.77 bits per heavy atom. The largest absolute Gasteiger partial charge is 0.454 e. The smallest absolute Gasteiger partial charge is 0.233 e. The van der Waals surface area contributed by atoms with E-state index in [1.807, 2.05) is 55.5 Å². The van der Waals surface area contributed by atoms with Crippen LogP contribution in [0.15, 0.2) is 53.7 Å². The van der Waals surface area contributed by atoms with Gasteiger partial charge in [0.25, 0.3) is 0 Å². The number of amides is 1. The molecule has 0 saturated heterocycles. The molecule has 1 atom stereocenters. The van der Waals surface area contributed by atoms with Gasteiger partial charge in [-0.3, -0.25) is 9.36 Å². The van der Waals surface area contributed by atoms with E-state index in [0.29, 0.717) is 18.2 Å². The van der Waals surface area contributed by atoms with Gasteiger partial charge in [-0.15, -0.1) is 10.2 Å². The van der Waals surface area contributed by atoms with Crippen LogP contribution in [-0.4, -0.2) is 32.7 Å². The molecule has 2 aromatic carbocycles. The number of thioether (sulfide) groups is 1. The van der Waals surface area contributed by atoms with E-state index < -0.39 is 0 Å². The number of carbonyl (C=O) groups excluding carboxylic acids is 1. The number of fused-ring (bicyclic) bond motifs is 1. The molecule has 0 unspecified atom stereocenters. The molecule has 5 rings (SSSR count). The Morgan fingerprint density at radius 1 is 1.17 bits per heavy atom. The molecule has 0 bridgehead atoms. The highest BCUT2D eigenvalue weighted by Gasteiger charge is 2.31. The lowest BCUT2D eigenvalue weighted by molar-refractivity contribution is -0.120. The molecule has 1 fully saturated rings. The van der Waals surface area contributed by atoms with Crippen LogP contribution in [-0.2, 0) is 11.3 Å². The van der Waals surface area contributed by atoms with E-state index in [0.717, 1.165) is 40.8 Å². The van der Waals surface area contributed by atoms with Crippen molar-refractivity contribution >= 4 is 17.7 Å². The van der Waals surface area contributed by atoms with Crippen molar-refractivity contribution in [3.05, 3.63) is 59.9 Å². The van der Waals surface area contributed by atoms with Crippen LogP contribution in [0.4, 0.5) is 0 Å². The third-order valence-corrected chi connectivity index (χ3v) is 6.21. The van der Waals surface area contributed by atoms with E-state index >= 15 is 0 Å². The molecule has 0 radical (unpaired) electrons. The number of hydrogen-bond acceptors (Lipinski definition) is 6. The lowest BCUT2D eigenvalue weighted by Crippen LogP contribution is -2.30. The molecular formula is C22H22N4O3S. The van der Waals surface area contributed by atoms with E-state index in [4.69, 9.17) is 9.47 Å². The highest BCUT2D eigenvalue weighted by Crippen LogP contribution is 2.41. The minimum Gasteiger partial charge on any atom is -0.454 e. The van der Waals surface area contributed by atoms with Crippen LogP contribution in [0.25, 0.3) is 5.69 Å². The fourth-order valence-electron chi connectivity index (χ4n) is 3.38. The van der Waals surface area contributed by atoms with Crippen molar-refractivity contribution in [1.82, 2.24) is 20.1 Å². The second kappa shape index (κ2) is 8.02. The van der Waals surface area contributed by atoms with Crippen molar-refractivity contribution in [2.24, 2.45) is 0 Å². The molecule has 154 valence electrons. The molecule has 1 aromatic heterocycles. The molecule has 0 spiro atoms. The van der Waals surface area contributed by atoms with E-state index in [1.54, 1.807) is 0 Å². The van der Waals surface area contributed by atoms with Gasteiger partial charge in [0.2, 0.25) is 12.7 Å². The lowest BCUT2D eigenvalue weighted by atomic mass is 10.2. The number of hydrogen-bond donors (Lipinski definition) is 1. The Hall–Kier alpha value is -3.00. The molecule has 7 nitrogen and oxygen atoms in total. The van der Waals surface area contributed by atoms with Crippen LogP contribution >= 0.6 is 11.8 Å². The molecule has 1 amide bonds. The zero-order chi connectivity index (χ0) is 20.5. The van der Waals surface area contributed by atoms with Crippen molar-refractivity contribution < 1.29 is 14.3 Å². The quantitative estimate of drug-likeness (QED) is 0.586. The number of ether oxygens (including phenoxy) is 2. The number of rotatable bonds is 7. The number of nitrogens with zero attached hydrogens (tertiary/aromatic N) is 3. The lowest BCUT2D eigenvalue weighted by Gasteiger charge is -2.14. The van der Waals surface area contributed by atoms with Gasteiger partial charge in [0.05, 0.1) is 5.25 Å². The SMILES string of the molecule is C[C@H](Sc1nnc(C2CC2)n1-c1ccccc1)C(=O)NCc1ccc2c(c1)OCO2. The summed E-state index contributed by atoms with van der Waals surface area (Å²) in [6.07, 6.45) is 2.28. The topological polar surface area (TPSA) is 78.3 Å². The Kier molecular flexibility index (Phi) is 5.08.